The molecule has 0 spiro atoms. The molecule has 0 bridgehead atoms. The van der Waals surface area contributed by atoms with Crippen molar-refractivity contribution >= 4 is 11.9 Å². The predicted octanol–water partition coefficient (Wildman–Crippen LogP) is -1.06. The van der Waals surface area contributed by atoms with Crippen LogP contribution < -0.4 is 0 Å². The minimum Gasteiger partial charge on any atom is -0.481 e. The van der Waals surface area contributed by atoms with E-state index >= 15 is 0 Å². The second kappa shape index (κ2) is 23.7. The van der Waals surface area contributed by atoms with Crippen LogP contribution in [0, 0.1) is 0 Å². The molecule has 0 unspecified atom stereocenters. The molecule has 0 aliphatic carbocycles. The number of carboxylic acids is 2. The van der Waals surface area contributed by atoms with E-state index in [2.05, 4.69) is 0 Å². The fourth-order valence-corrected chi connectivity index (χ4v) is 1.38. The molecule has 0 amide bonds. The molecule has 10 nitrogen and oxygen atoms in total. The van der Waals surface area contributed by atoms with Crippen LogP contribution in [0.3, 0.4) is 0 Å². The lowest BCUT2D eigenvalue weighted by atomic mass is 10.1. The Bertz CT molecular complexity index is 273. The summed E-state index contributed by atoms with van der Waals surface area (Å²) in [7, 11) is 0. The topological polar surface area (TPSA) is 196 Å². The minimum absolute atomic E-state index is 0.245. The first-order chi connectivity index (χ1) is 12.2. The molecule has 158 valence electrons. The lowest BCUT2D eigenvalue weighted by Gasteiger charge is -1.98. The number of hydrogen-bond acceptors (Lipinski definition) is 8. The van der Waals surface area contributed by atoms with Crippen LogP contribution >= 0.6 is 0 Å². The van der Waals surface area contributed by atoms with Gasteiger partial charge in [-0.3, -0.25) is 9.59 Å². The van der Waals surface area contributed by atoms with Crippen molar-refractivity contribution in [3.8, 4) is 0 Å². The van der Waals surface area contributed by atoms with Gasteiger partial charge in [0.2, 0.25) is 0 Å². The molecular formula is C16H34O10. The third-order valence-corrected chi connectivity index (χ3v) is 2.87. The summed E-state index contributed by atoms with van der Waals surface area (Å²) in [5.41, 5.74) is 0. The smallest absolute Gasteiger partial charge is 0.303 e. The first-order valence-electron chi connectivity index (χ1n) is 8.48. The molecule has 0 aromatic heterocycles. The molecule has 0 atom stereocenters. The monoisotopic (exact) mass is 386 g/mol. The first kappa shape index (κ1) is 29.5. The molecular weight excluding hydrogens is 352 g/mol. The van der Waals surface area contributed by atoms with Crippen molar-refractivity contribution in [1.82, 2.24) is 0 Å². The fourth-order valence-electron chi connectivity index (χ4n) is 1.38. The van der Waals surface area contributed by atoms with E-state index in [1.807, 2.05) is 0 Å². The summed E-state index contributed by atoms with van der Waals surface area (Å²) in [6.45, 7) is -1.46. The predicted molar refractivity (Wildman–Crippen MR) is 92.6 cm³/mol. The van der Waals surface area contributed by atoms with Crippen molar-refractivity contribution in [2.24, 2.45) is 0 Å². The highest BCUT2D eigenvalue weighted by Crippen LogP contribution is 2.08. The van der Waals surface area contributed by atoms with E-state index in [4.69, 9.17) is 40.9 Å². The molecule has 0 saturated heterocycles. The standard InChI is InChI=1S/C10H18O4.2C3H8O3/c11-9(12)7-5-3-1-2-4-6-8-10(13)14;2*4-1-3(6)2-5/h1-8H2,(H,11,12)(H,13,14);2*3-6H,1-2H2. The van der Waals surface area contributed by atoms with Gasteiger partial charge in [-0.15, -0.1) is 0 Å². The molecule has 0 saturated carbocycles. The lowest BCUT2D eigenvalue weighted by molar-refractivity contribution is -0.138. The van der Waals surface area contributed by atoms with Gasteiger partial charge in [0, 0.05) is 12.8 Å². The van der Waals surface area contributed by atoms with Crippen LogP contribution in [0.15, 0.2) is 0 Å². The molecule has 26 heavy (non-hydrogen) atoms. The van der Waals surface area contributed by atoms with Gasteiger partial charge >= 0.3 is 11.9 Å². The van der Waals surface area contributed by atoms with Crippen molar-refractivity contribution in [3.05, 3.63) is 0 Å². The molecule has 0 radical (unpaired) electrons. The van der Waals surface area contributed by atoms with Crippen LogP contribution in [0.25, 0.3) is 0 Å². The summed E-state index contributed by atoms with van der Waals surface area (Å²) in [5.74, 6) is -1.48. The quantitative estimate of drug-likeness (QED) is 0.181. The van der Waals surface area contributed by atoms with Gasteiger partial charge in [-0.05, 0) is 12.8 Å². The Kier molecular flexibility index (Phi) is 26.9. The highest BCUT2D eigenvalue weighted by Gasteiger charge is 1.98. The van der Waals surface area contributed by atoms with Gasteiger partial charge in [0.15, 0.2) is 0 Å². The number of hydrogen-bond donors (Lipinski definition) is 8. The average molecular weight is 386 g/mol. The molecule has 0 fully saturated rings. The van der Waals surface area contributed by atoms with Crippen molar-refractivity contribution in [2.45, 2.75) is 63.6 Å². The van der Waals surface area contributed by atoms with Crippen LogP contribution in [0.1, 0.15) is 51.4 Å². The lowest BCUT2D eigenvalue weighted by Crippen LogP contribution is -2.15. The van der Waals surface area contributed by atoms with E-state index < -0.39 is 24.1 Å². The number of aliphatic hydroxyl groups excluding tert-OH is 6. The van der Waals surface area contributed by atoms with Gasteiger partial charge in [0.1, 0.15) is 12.2 Å². The zero-order valence-corrected chi connectivity index (χ0v) is 15.0. The van der Waals surface area contributed by atoms with Crippen LogP contribution in [0.4, 0.5) is 0 Å². The van der Waals surface area contributed by atoms with Crippen LogP contribution in [-0.2, 0) is 9.59 Å². The number of carbonyl (C=O) groups is 2. The zero-order chi connectivity index (χ0) is 20.8. The van der Waals surface area contributed by atoms with Crippen LogP contribution in [0.5, 0.6) is 0 Å². The summed E-state index contributed by atoms with van der Waals surface area (Å²) in [4.78, 5) is 20.3. The van der Waals surface area contributed by atoms with E-state index in [1.165, 1.54) is 0 Å². The molecule has 0 aromatic rings. The maximum absolute atomic E-state index is 10.1. The molecule has 10 heteroatoms. The van der Waals surface area contributed by atoms with Gasteiger partial charge < -0.3 is 40.9 Å². The molecule has 0 aliphatic rings. The minimum atomic E-state index is -0.954. The van der Waals surface area contributed by atoms with E-state index in [-0.39, 0.29) is 39.3 Å². The third-order valence-electron chi connectivity index (χ3n) is 2.87. The summed E-state index contributed by atoms with van der Waals surface area (Å²) in [5, 5.41) is 64.7. The van der Waals surface area contributed by atoms with E-state index in [9.17, 15) is 9.59 Å². The van der Waals surface area contributed by atoms with Crippen molar-refractivity contribution in [3.63, 3.8) is 0 Å². The number of unbranched alkanes of at least 4 members (excludes halogenated alkanes) is 5. The molecule has 0 aromatic carbocycles. The van der Waals surface area contributed by atoms with Gasteiger partial charge in [-0.25, -0.2) is 0 Å². The summed E-state index contributed by atoms with van der Waals surface area (Å²) >= 11 is 0. The second-order valence-electron chi connectivity index (χ2n) is 5.45. The van der Waals surface area contributed by atoms with E-state index in [1.54, 1.807) is 0 Å². The maximum atomic E-state index is 10.1. The number of carboxylic acid groups (broad SMARTS) is 2. The Morgan fingerprint density at radius 2 is 0.769 bits per heavy atom. The van der Waals surface area contributed by atoms with Gasteiger partial charge in [-0.2, -0.15) is 0 Å². The fraction of sp³-hybridized carbons (Fsp3) is 0.875. The van der Waals surface area contributed by atoms with Crippen LogP contribution in [-0.4, -0.2) is 91.4 Å². The maximum Gasteiger partial charge on any atom is 0.303 e. The van der Waals surface area contributed by atoms with Crippen molar-refractivity contribution in [2.75, 3.05) is 26.4 Å². The number of aliphatic carboxylic acids is 2. The van der Waals surface area contributed by atoms with Crippen molar-refractivity contribution in [1.29, 1.82) is 0 Å². The molecule has 0 aliphatic heterocycles. The molecule has 0 rings (SSSR count). The van der Waals surface area contributed by atoms with Gasteiger partial charge in [-0.1, -0.05) is 25.7 Å². The van der Waals surface area contributed by atoms with Gasteiger partial charge in [0.05, 0.1) is 26.4 Å². The Balaban J connectivity index is -0.000000364. The molecule has 8 N–H and O–H groups in total. The Morgan fingerprint density at radius 3 is 0.923 bits per heavy atom. The normalized spacial score (nSPS) is 10.0. The largest absolute Gasteiger partial charge is 0.481 e. The zero-order valence-electron chi connectivity index (χ0n) is 15.0. The van der Waals surface area contributed by atoms with E-state index in [0.717, 1.165) is 38.5 Å². The van der Waals surface area contributed by atoms with Crippen molar-refractivity contribution < 1.29 is 50.4 Å². The Morgan fingerprint density at radius 1 is 0.538 bits per heavy atom. The molecule has 0 heterocycles. The third kappa shape index (κ3) is 34.1. The summed E-state index contributed by atoms with van der Waals surface area (Å²) in [6, 6.07) is 0. The first-order valence-corrected chi connectivity index (χ1v) is 8.48. The Hall–Kier alpha value is -1.30. The average Bonchev–Trinajstić information content (AvgIpc) is 2.62. The van der Waals surface area contributed by atoms with E-state index in [0.29, 0.717) is 0 Å². The SMILES string of the molecule is O=C(O)CCCCCCCCC(=O)O.OCC(O)CO.OCC(O)CO. The summed E-state index contributed by atoms with van der Waals surface area (Å²) in [6.07, 6.45) is 3.92. The highest BCUT2D eigenvalue weighted by atomic mass is 16.4. The number of rotatable bonds is 13. The second-order valence-corrected chi connectivity index (χ2v) is 5.45. The van der Waals surface area contributed by atoms with Crippen LogP contribution in [0.2, 0.25) is 0 Å². The highest BCUT2D eigenvalue weighted by molar-refractivity contribution is 5.66. The number of aliphatic hydroxyl groups is 6. The van der Waals surface area contributed by atoms with Gasteiger partial charge in [0.25, 0.3) is 0 Å². The summed E-state index contributed by atoms with van der Waals surface area (Å²) < 4.78 is 0. The Labute approximate surface area is 153 Å².